The van der Waals surface area contributed by atoms with Gasteiger partial charge in [-0.05, 0) is 41.7 Å². The van der Waals surface area contributed by atoms with Crippen molar-refractivity contribution in [2.45, 2.75) is 25.8 Å². The van der Waals surface area contributed by atoms with Crippen molar-refractivity contribution in [1.82, 2.24) is 10.3 Å². The number of nitrogens with one attached hydrogen (secondary N) is 1. The molecule has 7 heteroatoms. The Balaban J connectivity index is 1.77. The molecule has 2 aromatic carbocycles. The lowest BCUT2D eigenvalue weighted by molar-refractivity contribution is -0.141. The minimum atomic E-state index is -1.23. The molecule has 0 spiro atoms. The van der Waals surface area contributed by atoms with Gasteiger partial charge in [0.1, 0.15) is 11.4 Å². The molecule has 0 radical (unpaired) electrons. The fourth-order valence-corrected chi connectivity index (χ4v) is 3.41. The summed E-state index contributed by atoms with van der Waals surface area (Å²) in [4.78, 5) is 39.1. The molecule has 0 aliphatic heterocycles. The number of hydrogen-bond acceptors (Lipinski definition) is 4. The fourth-order valence-electron chi connectivity index (χ4n) is 3.41. The van der Waals surface area contributed by atoms with Gasteiger partial charge in [0.25, 0.3) is 5.91 Å². The van der Waals surface area contributed by atoms with Gasteiger partial charge in [-0.3, -0.25) is 9.59 Å². The summed E-state index contributed by atoms with van der Waals surface area (Å²) in [7, 11) is 0. The number of aromatic carboxylic acids is 1. The molecule has 0 aliphatic rings. The monoisotopic (exact) mass is 432 g/mol. The number of rotatable bonds is 9. The molecule has 0 saturated carbocycles. The average molecular weight is 432 g/mol. The molecular weight excluding hydrogens is 408 g/mol. The topological polar surface area (TPSA) is 117 Å². The highest BCUT2D eigenvalue weighted by atomic mass is 16.4. The summed E-state index contributed by atoms with van der Waals surface area (Å²) >= 11 is 0. The number of hydrogen-bond donors (Lipinski definition) is 3. The minimum absolute atomic E-state index is 0.0303. The Morgan fingerprint density at radius 2 is 1.47 bits per heavy atom. The molecule has 32 heavy (non-hydrogen) atoms. The van der Waals surface area contributed by atoms with E-state index < -0.39 is 29.8 Å². The predicted octanol–water partition coefficient (Wildman–Crippen LogP) is 3.90. The molecule has 1 heterocycles. The van der Waals surface area contributed by atoms with E-state index in [0.717, 1.165) is 16.7 Å². The minimum Gasteiger partial charge on any atom is -0.481 e. The lowest BCUT2D eigenvalue weighted by Crippen LogP contribution is -2.39. The Bertz CT molecular complexity index is 1100. The van der Waals surface area contributed by atoms with Gasteiger partial charge in [0.2, 0.25) is 0 Å². The summed E-state index contributed by atoms with van der Waals surface area (Å²) in [6.07, 6.45) is 0.650. The summed E-state index contributed by atoms with van der Waals surface area (Å²) in [6.45, 7) is 1.59. The van der Waals surface area contributed by atoms with Crippen molar-refractivity contribution >= 4 is 17.8 Å². The van der Waals surface area contributed by atoms with E-state index in [9.17, 15) is 19.5 Å². The van der Waals surface area contributed by atoms with Gasteiger partial charge < -0.3 is 15.5 Å². The predicted molar refractivity (Wildman–Crippen MR) is 119 cm³/mol. The molecule has 0 saturated heterocycles. The number of aliphatic carboxylic acids is 1. The molecule has 1 aromatic heterocycles. The van der Waals surface area contributed by atoms with E-state index in [1.165, 1.54) is 18.2 Å². The van der Waals surface area contributed by atoms with Gasteiger partial charge >= 0.3 is 11.9 Å². The Morgan fingerprint density at radius 1 is 0.844 bits per heavy atom. The highest BCUT2D eigenvalue weighted by molar-refractivity contribution is 5.94. The highest BCUT2D eigenvalue weighted by Crippen LogP contribution is 2.21. The van der Waals surface area contributed by atoms with Gasteiger partial charge in [-0.15, -0.1) is 0 Å². The van der Waals surface area contributed by atoms with E-state index in [2.05, 4.69) is 10.3 Å². The maximum Gasteiger partial charge on any atom is 0.354 e. The highest BCUT2D eigenvalue weighted by Gasteiger charge is 2.22. The third-order valence-electron chi connectivity index (χ3n) is 5.14. The van der Waals surface area contributed by atoms with Crippen molar-refractivity contribution in [1.29, 1.82) is 0 Å². The smallest absolute Gasteiger partial charge is 0.354 e. The first kappa shape index (κ1) is 22.7. The van der Waals surface area contributed by atoms with Crippen LogP contribution in [-0.2, 0) is 11.2 Å². The summed E-state index contributed by atoms with van der Waals surface area (Å²) in [5.41, 5.74) is 2.83. The SMILES string of the molecule is C[C@H](C[C@@H](Cc1ccc(-c2ccccc2)cc1)NC(=O)c1cccc(C(=O)O)n1)C(=O)O. The Kier molecular flexibility index (Phi) is 7.33. The number of nitrogens with zero attached hydrogens (tertiary/aromatic N) is 1. The van der Waals surface area contributed by atoms with Crippen LogP contribution in [0.15, 0.2) is 72.8 Å². The molecule has 0 bridgehead atoms. The molecule has 1 amide bonds. The largest absolute Gasteiger partial charge is 0.481 e. The van der Waals surface area contributed by atoms with Crippen LogP contribution in [0, 0.1) is 5.92 Å². The molecule has 3 aromatic rings. The molecule has 3 rings (SSSR count). The molecule has 2 atom stereocenters. The molecule has 164 valence electrons. The van der Waals surface area contributed by atoms with Crippen LogP contribution in [0.2, 0.25) is 0 Å². The fraction of sp³-hybridized carbons (Fsp3) is 0.200. The summed E-state index contributed by atoms with van der Waals surface area (Å²) < 4.78 is 0. The second-order valence-electron chi connectivity index (χ2n) is 7.63. The normalized spacial score (nSPS) is 12.5. The van der Waals surface area contributed by atoms with Crippen LogP contribution in [0.1, 0.15) is 39.9 Å². The number of amides is 1. The number of pyridine rings is 1. The standard InChI is InChI=1S/C25H24N2O5/c1-16(24(29)30)14-20(26-23(28)21-8-5-9-22(27-21)25(31)32)15-17-10-12-19(13-11-17)18-6-3-2-4-7-18/h2-13,16,20H,14-15H2,1H3,(H,26,28)(H,29,30)(H,31,32)/t16-,20+/m1/s1. The number of carboxylic acid groups (broad SMARTS) is 2. The number of carbonyl (C=O) groups is 3. The number of aromatic nitrogens is 1. The Labute approximate surface area is 185 Å². The number of benzene rings is 2. The Hall–Kier alpha value is -4.00. The van der Waals surface area contributed by atoms with E-state index >= 15 is 0 Å². The zero-order valence-electron chi connectivity index (χ0n) is 17.6. The van der Waals surface area contributed by atoms with Gasteiger partial charge in [0.15, 0.2) is 0 Å². The molecule has 0 unspecified atom stereocenters. The number of carbonyl (C=O) groups excluding carboxylic acids is 1. The van der Waals surface area contributed by atoms with Gasteiger partial charge in [0, 0.05) is 6.04 Å². The van der Waals surface area contributed by atoms with Crippen molar-refractivity contribution in [3.05, 3.63) is 89.7 Å². The van der Waals surface area contributed by atoms with Gasteiger partial charge in [-0.1, -0.05) is 67.6 Å². The number of carboxylic acids is 2. The third kappa shape index (κ3) is 6.01. The van der Waals surface area contributed by atoms with Crippen LogP contribution < -0.4 is 5.32 Å². The molecule has 0 fully saturated rings. The van der Waals surface area contributed by atoms with Gasteiger partial charge in [-0.25, -0.2) is 9.78 Å². The molecule has 0 aliphatic carbocycles. The Morgan fingerprint density at radius 3 is 2.09 bits per heavy atom. The van der Waals surface area contributed by atoms with Crippen molar-refractivity contribution in [2.75, 3.05) is 0 Å². The van der Waals surface area contributed by atoms with Crippen molar-refractivity contribution in [3.8, 4) is 11.1 Å². The van der Waals surface area contributed by atoms with E-state index in [1.54, 1.807) is 6.92 Å². The van der Waals surface area contributed by atoms with E-state index in [4.69, 9.17) is 5.11 Å². The maximum atomic E-state index is 12.7. The first-order valence-corrected chi connectivity index (χ1v) is 10.2. The quantitative estimate of drug-likeness (QED) is 0.472. The average Bonchev–Trinajstić information content (AvgIpc) is 2.80. The second-order valence-corrected chi connectivity index (χ2v) is 7.63. The molecule has 7 nitrogen and oxygen atoms in total. The first-order chi connectivity index (χ1) is 15.3. The zero-order chi connectivity index (χ0) is 23.1. The third-order valence-corrected chi connectivity index (χ3v) is 5.14. The van der Waals surface area contributed by atoms with Crippen LogP contribution in [0.4, 0.5) is 0 Å². The zero-order valence-corrected chi connectivity index (χ0v) is 17.6. The summed E-state index contributed by atoms with van der Waals surface area (Å²) in [5, 5.41) is 21.2. The molecular formula is C25H24N2O5. The van der Waals surface area contributed by atoms with Crippen LogP contribution in [0.3, 0.4) is 0 Å². The lowest BCUT2D eigenvalue weighted by atomic mass is 9.95. The second kappa shape index (κ2) is 10.3. The van der Waals surface area contributed by atoms with E-state index in [-0.39, 0.29) is 17.8 Å². The lowest BCUT2D eigenvalue weighted by Gasteiger charge is -2.21. The van der Waals surface area contributed by atoms with Crippen LogP contribution in [-0.4, -0.2) is 39.1 Å². The first-order valence-electron chi connectivity index (χ1n) is 10.2. The van der Waals surface area contributed by atoms with Crippen LogP contribution in [0.5, 0.6) is 0 Å². The molecule has 3 N–H and O–H groups in total. The maximum absolute atomic E-state index is 12.7. The van der Waals surface area contributed by atoms with Gasteiger partial charge in [-0.2, -0.15) is 0 Å². The van der Waals surface area contributed by atoms with Crippen LogP contribution >= 0.6 is 0 Å². The van der Waals surface area contributed by atoms with E-state index in [0.29, 0.717) is 6.42 Å². The van der Waals surface area contributed by atoms with Gasteiger partial charge in [0.05, 0.1) is 5.92 Å². The van der Waals surface area contributed by atoms with Crippen molar-refractivity contribution < 1.29 is 24.6 Å². The van der Waals surface area contributed by atoms with Crippen molar-refractivity contribution in [3.63, 3.8) is 0 Å². The van der Waals surface area contributed by atoms with E-state index in [1.807, 2.05) is 54.6 Å². The summed E-state index contributed by atoms with van der Waals surface area (Å²) in [5.74, 6) is -3.39. The van der Waals surface area contributed by atoms with Crippen molar-refractivity contribution in [2.24, 2.45) is 5.92 Å². The summed E-state index contributed by atoms with van der Waals surface area (Å²) in [6, 6.07) is 21.5. The van der Waals surface area contributed by atoms with Crippen LogP contribution in [0.25, 0.3) is 11.1 Å².